The summed E-state index contributed by atoms with van der Waals surface area (Å²) < 4.78 is 8.39. The van der Waals surface area contributed by atoms with Crippen LogP contribution in [0.2, 0.25) is 0 Å². The van der Waals surface area contributed by atoms with E-state index in [0.29, 0.717) is 31.3 Å². The third-order valence-corrected chi connectivity index (χ3v) is 6.48. The van der Waals surface area contributed by atoms with Crippen LogP contribution in [0.5, 0.6) is 0 Å². The maximum Gasteiger partial charge on any atom is 0.241 e. The predicted octanol–water partition coefficient (Wildman–Crippen LogP) is 4.21. The molecule has 1 fully saturated rings. The van der Waals surface area contributed by atoms with Gasteiger partial charge in [-0.3, -0.25) is 9.69 Å². The minimum absolute atomic E-state index is 0.0496. The van der Waals surface area contributed by atoms with E-state index in [-0.39, 0.29) is 11.8 Å². The van der Waals surface area contributed by atoms with E-state index in [2.05, 4.69) is 41.3 Å². The molecule has 5 rings (SSSR count). The number of likely N-dealkylation sites (tertiary alicyclic amines) is 1. The summed E-state index contributed by atoms with van der Waals surface area (Å²) >= 11 is 3.47. The molecule has 1 amide bonds. The number of benzene rings is 2. The Labute approximate surface area is 206 Å². The van der Waals surface area contributed by atoms with E-state index < -0.39 is 0 Å². The molecule has 1 aliphatic rings. The monoisotopic (exact) mass is 520 g/mol. The molecular formula is C25H25BrN6O2. The van der Waals surface area contributed by atoms with Crippen molar-refractivity contribution >= 4 is 21.8 Å². The van der Waals surface area contributed by atoms with Crippen LogP contribution < -0.4 is 5.32 Å². The van der Waals surface area contributed by atoms with Crippen molar-refractivity contribution in [3.8, 4) is 17.1 Å². The first kappa shape index (κ1) is 22.5. The highest BCUT2D eigenvalue weighted by Gasteiger charge is 2.26. The summed E-state index contributed by atoms with van der Waals surface area (Å²) in [6.45, 7) is 2.65. The molecule has 1 saturated heterocycles. The maximum absolute atomic E-state index is 12.8. The number of hydrogen-bond donors (Lipinski definition) is 1. The lowest BCUT2D eigenvalue weighted by atomic mass is 9.97. The Morgan fingerprint density at radius 3 is 2.88 bits per heavy atom. The number of carbonyl (C=O) groups is 1. The van der Waals surface area contributed by atoms with Crippen LogP contribution in [0.3, 0.4) is 0 Å². The molecule has 0 saturated carbocycles. The molecule has 0 radical (unpaired) electrons. The second-order valence-corrected chi connectivity index (χ2v) is 9.37. The van der Waals surface area contributed by atoms with Crippen LogP contribution >= 0.6 is 15.9 Å². The van der Waals surface area contributed by atoms with Gasteiger partial charge in [0, 0.05) is 41.2 Å². The van der Waals surface area contributed by atoms with Crippen molar-refractivity contribution in [1.82, 2.24) is 29.9 Å². The van der Waals surface area contributed by atoms with Crippen LogP contribution in [0.25, 0.3) is 17.1 Å². The first-order chi connectivity index (χ1) is 16.6. The molecule has 1 aliphatic heterocycles. The highest BCUT2D eigenvalue weighted by atomic mass is 79.9. The zero-order chi connectivity index (χ0) is 23.3. The van der Waals surface area contributed by atoms with E-state index in [0.717, 1.165) is 40.7 Å². The summed E-state index contributed by atoms with van der Waals surface area (Å²) in [6, 6.07) is 15.9. The van der Waals surface area contributed by atoms with Crippen molar-refractivity contribution in [1.29, 1.82) is 0 Å². The molecule has 34 heavy (non-hydrogen) atoms. The zero-order valence-electron chi connectivity index (χ0n) is 18.6. The molecule has 1 atom stereocenters. The lowest BCUT2D eigenvalue weighted by Gasteiger charge is -2.30. The Kier molecular flexibility index (Phi) is 6.82. The Morgan fingerprint density at radius 1 is 1.21 bits per heavy atom. The van der Waals surface area contributed by atoms with Crippen molar-refractivity contribution in [2.24, 2.45) is 5.92 Å². The topological polar surface area (TPSA) is 89.1 Å². The number of nitrogens with one attached hydrogen (secondary N) is 1. The molecule has 174 valence electrons. The average molecular weight is 521 g/mol. The van der Waals surface area contributed by atoms with Gasteiger partial charge in [0.05, 0.1) is 18.8 Å². The van der Waals surface area contributed by atoms with E-state index in [9.17, 15) is 4.79 Å². The molecule has 9 heteroatoms. The van der Waals surface area contributed by atoms with Gasteiger partial charge in [-0.05, 0) is 49.2 Å². The number of amides is 1. The van der Waals surface area contributed by atoms with Gasteiger partial charge in [-0.1, -0.05) is 45.4 Å². The molecular weight excluding hydrogens is 496 g/mol. The van der Waals surface area contributed by atoms with Crippen LogP contribution in [0.4, 0.5) is 0 Å². The number of hydrogen-bond acceptors (Lipinski definition) is 6. The van der Waals surface area contributed by atoms with Gasteiger partial charge in [0.1, 0.15) is 0 Å². The van der Waals surface area contributed by atoms with Crippen LogP contribution in [-0.4, -0.2) is 43.6 Å². The second kappa shape index (κ2) is 10.3. The Morgan fingerprint density at radius 2 is 2.09 bits per heavy atom. The number of rotatable bonds is 7. The fourth-order valence-electron chi connectivity index (χ4n) is 4.20. The molecule has 4 aromatic rings. The average Bonchev–Trinajstić information content (AvgIpc) is 3.56. The predicted molar refractivity (Wildman–Crippen MR) is 131 cm³/mol. The SMILES string of the molecule is O=C(NCc1ccc(-n2ccnc2)cc1)C1CCCN(Cc2nc(-c3cccc(Br)c3)no2)C1. The first-order valence-corrected chi connectivity index (χ1v) is 12.1. The minimum atomic E-state index is -0.0496. The van der Waals surface area contributed by atoms with Gasteiger partial charge in [0.2, 0.25) is 17.6 Å². The summed E-state index contributed by atoms with van der Waals surface area (Å²) in [5.74, 6) is 1.17. The van der Waals surface area contributed by atoms with E-state index in [1.807, 2.05) is 59.3 Å². The Balaban J connectivity index is 1.13. The number of imidazole rings is 1. The number of piperidine rings is 1. The van der Waals surface area contributed by atoms with Gasteiger partial charge in [-0.15, -0.1) is 0 Å². The van der Waals surface area contributed by atoms with Crippen molar-refractivity contribution in [3.63, 3.8) is 0 Å². The quantitative estimate of drug-likeness (QED) is 0.392. The minimum Gasteiger partial charge on any atom is -0.352 e. The number of nitrogens with zero attached hydrogens (tertiary/aromatic N) is 5. The van der Waals surface area contributed by atoms with Gasteiger partial charge < -0.3 is 14.4 Å². The number of aromatic nitrogens is 4. The Bertz CT molecular complexity index is 1240. The van der Waals surface area contributed by atoms with E-state index >= 15 is 0 Å². The Hall–Kier alpha value is -3.30. The van der Waals surface area contributed by atoms with Gasteiger partial charge in [-0.25, -0.2) is 4.98 Å². The summed E-state index contributed by atoms with van der Waals surface area (Å²) in [5.41, 5.74) is 3.01. The largest absolute Gasteiger partial charge is 0.352 e. The molecule has 2 aromatic carbocycles. The fraction of sp³-hybridized carbons (Fsp3) is 0.280. The van der Waals surface area contributed by atoms with E-state index in [1.54, 1.807) is 12.5 Å². The third-order valence-electron chi connectivity index (χ3n) is 5.99. The molecule has 1 N–H and O–H groups in total. The smallest absolute Gasteiger partial charge is 0.241 e. The molecule has 0 spiro atoms. The van der Waals surface area contributed by atoms with Gasteiger partial charge in [0.25, 0.3) is 0 Å². The maximum atomic E-state index is 12.8. The molecule has 2 aromatic heterocycles. The lowest BCUT2D eigenvalue weighted by Crippen LogP contribution is -2.42. The number of carbonyl (C=O) groups excluding carboxylic acids is 1. The van der Waals surface area contributed by atoms with Crippen LogP contribution in [0.15, 0.2) is 76.2 Å². The van der Waals surface area contributed by atoms with Crippen molar-refractivity contribution in [2.45, 2.75) is 25.9 Å². The van der Waals surface area contributed by atoms with Crippen LogP contribution in [-0.2, 0) is 17.9 Å². The van der Waals surface area contributed by atoms with Crippen molar-refractivity contribution in [2.75, 3.05) is 13.1 Å². The van der Waals surface area contributed by atoms with E-state index in [4.69, 9.17) is 4.52 Å². The highest BCUT2D eigenvalue weighted by molar-refractivity contribution is 9.10. The van der Waals surface area contributed by atoms with E-state index in [1.165, 1.54) is 0 Å². The standard InChI is InChI=1S/C25H25BrN6O2/c26-21-5-1-3-19(13-21)24-29-23(34-30-24)16-31-11-2-4-20(15-31)25(33)28-14-18-6-8-22(9-7-18)32-12-10-27-17-32/h1,3,5-10,12-13,17,20H,2,4,11,14-16H2,(H,28,33). The van der Waals surface area contributed by atoms with Gasteiger partial charge in [-0.2, -0.15) is 4.98 Å². The second-order valence-electron chi connectivity index (χ2n) is 8.45. The van der Waals surface area contributed by atoms with Crippen LogP contribution in [0, 0.1) is 5.92 Å². The fourth-order valence-corrected chi connectivity index (χ4v) is 4.60. The summed E-state index contributed by atoms with van der Waals surface area (Å²) in [4.78, 5) is 23.7. The molecule has 0 aliphatic carbocycles. The normalized spacial score (nSPS) is 16.4. The molecule has 3 heterocycles. The first-order valence-electron chi connectivity index (χ1n) is 11.3. The van der Waals surface area contributed by atoms with Crippen molar-refractivity contribution in [3.05, 3.63) is 83.2 Å². The third kappa shape index (κ3) is 5.43. The van der Waals surface area contributed by atoms with Crippen molar-refractivity contribution < 1.29 is 9.32 Å². The van der Waals surface area contributed by atoms with Gasteiger partial charge >= 0.3 is 0 Å². The zero-order valence-corrected chi connectivity index (χ0v) is 20.2. The summed E-state index contributed by atoms with van der Waals surface area (Å²) in [7, 11) is 0. The van der Waals surface area contributed by atoms with Gasteiger partial charge in [0.15, 0.2) is 0 Å². The lowest BCUT2D eigenvalue weighted by molar-refractivity contribution is -0.127. The summed E-state index contributed by atoms with van der Waals surface area (Å²) in [6.07, 6.45) is 7.27. The molecule has 8 nitrogen and oxygen atoms in total. The number of halogens is 1. The summed E-state index contributed by atoms with van der Waals surface area (Å²) in [5, 5.41) is 7.21. The molecule has 1 unspecified atom stereocenters. The highest BCUT2D eigenvalue weighted by Crippen LogP contribution is 2.22. The molecule has 0 bridgehead atoms. The van der Waals surface area contributed by atoms with Crippen LogP contribution in [0.1, 0.15) is 24.3 Å².